The van der Waals surface area contributed by atoms with E-state index in [0.717, 1.165) is 75.5 Å². The standard InChI is InChI=1S/C35H33F6N5O3/c36-26-4-1-17-7-21(47)9-23(27(17)29(26)37)28-25(35(39,40)41)10-24-31(30(28)38)43-33(44-32(24)45-11-18-2-3-19(12-45)42-18)49-16-34(5-6-34)15-46-13-22-8-20(46)14-48-22/h1,4,7,9-10,18-20,22,42,47H,2-3,5-6,8,11-16H2/t18?,19?,20-,22-/m0/s1. The summed E-state index contributed by atoms with van der Waals surface area (Å²) in [6, 6.07) is 4.94. The Morgan fingerprint density at radius 2 is 1.78 bits per heavy atom. The zero-order chi connectivity index (χ0) is 33.8. The van der Waals surface area contributed by atoms with Gasteiger partial charge in [0.15, 0.2) is 17.5 Å². The Hall–Kier alpha value is -3.88. The first-order valence-electron chi connectivity index (χ1n) is 16.7. The van der Waals surface area contributed by atoms with Gasteiger partial charge in [-0.2, -0.15) is 23.1 Å². The SMILES string of the molecule is Oc1cc(-c2c(C(F)(F)F)cc3c(N4CC5CCC(C4)N5)nc(OCC4(CN5C[C@@H]6C[C@H]5CO6)CC4)nc3c2F)c2c(F)c(F)ccc2c1. The first-order chi connectivity index (χ1) is 23.4. The van der Waals surface area contributed by atoms with Gasteiger partial charge in [-0.05, 0) is 67.3 Å². The number of hydrogen-bond acceptors (Lipinski definition) is 8. The van der Waals surface area contributed by atoms with Crippen LogP contribution in [0, 0.1) is 22.9 Å². The number of aromatic nitrogens is 2. The van der Waals surface area contributed by atoms with Gasteiger partial charge in [0.05, 0.1) is 24.9 Å². The van der Waals surface area contributed by atoms with Crippen molar-refractivity contribution in [3.8, 4) is 22.9 Å². The van der Waals surface area contributed by atoms with Crippen molar-refractivity contribution in [2.75, 3.05) is 44.3 Å². The minimum absolute atomic E-state index is 0.0883. The van der Waals surface area contributed by atoms with Crippen molar-refractivity contribution >= 4 is 27.5 Å². The quantitative estimate of drug-likeness (QED) is 0.224. The lowest BCUT2D eigenvalue weighted by molar-refractivity contribution is -0.137. The highest BCUT2D eigenvalue weighted by atomic mass is 19.4. The fourth-order valence-corrected chi connectivity index (χ4v) is 8.38. The number of morpholine rings is 1. The second-order valence-corrected chi connectivity index (χ2v) is 14.4. The third kappa shape index (κ3) is 5.34. The number of nitrogens with zero attached hydrogens (tertiary/aromatic N) is 4. The highest BCUT2D eigenvalue weighted by molar-refractivity contribution is 6.03. The number of likely N-dealkylation sites (tertiary alicyclic amines) is 1. The van der Waals surface area contributed by atoms with Crippen LogP contribution in [-0.4, -0.2) is 83.6 Å². The van der Waals surface area contributed by atoms with Crippen molar-refractivity contribution in [2.45, 2.75) is 62.5 Å². The second kappa shape index (κ2) is 11.1. The van der Waals surface area contributed by atoms with E-state index in [4.69, 9.17) is 9.47 Å². The molecule has 8 nitrogen and oxygen atoms in total. The van der Waals surface area contributed by atoms with E-state index in [2.05, 4.69) is 20.2 Å². The van der Waals surface area contributed by atoms with E-state index >= 15 is 8.78 Å². The molecule has 3 aromatic carbocycles. The Balaban J connectivity index is 1.19. The predicted molar refractivity (Wildman–Crippen MR) is 168 cm³/mol. The number of rotatable bonds is 7. The number of phenols is 1. The number of aromatic hydroxyl groups is 1. The van der Waals surface area contributed by atoms with Crippen LogP contribution in [0.2, 0.25) is 0 Å². The number of anilines is 1. The summed E-state index contributed by atoms with van der Waals surface area (Å²) in [5, 5.41) is 13.1. The predicted octanol–water partition coefficient (Wildman–Crippen LogP) is 6.16. The minimum Gasteiger partial charge on any atom is -0.508 e. The molecule has 5 aliphatic rings. The smallest absolute Gasteiger partial charge is 0.417 e. The van der Waals surface area contributed by atoms with Gasteiger partial charge in [0.25, 0.3) is 0 Å². The molecule has 2 N–H and O–H groups in total. The zero-order valence-electron chi connectivity index (χ0n) is 26.3. The maximum absolute atomic E-state index is 17.0. The summed E-state index contributed by atoms with van der Waals surface area (Å²) in [4.78, 5) is 13.2. The molecule has 0 amide bonds. The van der Waals surface area contributed by atoms with Gasteiger partial charge in [-0.1, -0.05) is 6.07 Å². The summed E-state index contributed by atoms with van der Waals surface area (Å²) >= 11 is 0. The molecule has 2 unspecified atom stereocenters. The number of fused-ring (bicyclic) bond motifs is 6. The number of phenolic OH excluding ortho intramolecular Hbond substituents is 1. The zero-order valence-corrected chi connectivity index (χ0v) is 26.3. The Bertz CT molecular complexity index is 1990. The largest absolute Gasteiger partial charge is 0.508 e. The minimum atomic E-state index is -5.13. The van der Waals surface area contributed by atoms with Crippen molar-refractivity contribution in [1.82, 2.24) is 20.2 Å². The highest BCUT2D eigenvalue weighted by Gasteiger charge is 2.49. The number of alkyl halides is 3. The summed E-state index contributed by atoms with van der Waals surface area (Å²) in [5.74, 6) is -4.62. The number of hydrogen-bond donors (Lipinski definition) is 2. The molecule has 9 rings (SSSR count). The molecule has 0 spiro atoms. The molecule has 4 bridgehead atoms. The molecule has 1 aromatic heterocycles. The van der Waals surface area contributed by atoms with Crippen LogP contribution < -0.4 is 15.0 Å². The number of ether oxygens (including phenoxy) is 2. The Morgan fingerprint density at radius 1 is 1.00 bits per heavy atom. The van der Waals surface area contributed by atoms with Gasteiger partial charge in [-0.15, -0.1) is 0 Å². The van der Waals surface area contributed by atoms with Crippen LogP contribution >= 0.6 is 0 Å². The number of nitrogens with one attached hydrogen (secondary N) is 1. The fraction of sp³-hybridized carbons (Fsp3) is 0.486. The van der Waals surface area contributed by atoms with Gasteiger partial charge in [0.2, 0.25) is 0 Å². The fourth-order valence-electron chi connectivity index (χ4n) is 8.38. The molecule has 4 atom stereocenters. The van der Waals surface area contributed by atoms with Crippen LogP contribution in [0.3, 0.4) is 0 Å². The van der Waals surface area contributed by atoms with E-state index in [1.807, 2.05) is 4.90 Å². The maximum Gasteiger partial charge on any atom is 0.417 e. The van der Waals surface area contributed by atoms with E-state index in [9.17, 15) is 22.7 Å². The Labute approximate surface area is 277 Å². The van der Waals surface area contributed by atoms with Crippen molar-refractivity contribution < 1.29 is 40.9 Å². The highest BCUT2D eigenvalue weighted by Crippen LogP contribution is 2.49. The summed E-state index contributed by atoms with van der Waals surface area (Å²) < 4.78 is 103. The molecule has 5 heterocycles. The van der Waals surface area contributed by atoms with E-state index in [1.165, 1.54) is 0 Å². The average molecular weight is 686 g/mol. The average Bonchev–Trinajstić information content (AvgIpc) is 3.32. The summed E-state index contributed by atoms with van der Waals surface area (Å²) in [6.45, 7) is 3.50. The van der Waals surface area contributed by atoms with Crippen LogP contribution in [0.1, 0.15) is 37.7 Å². The van der Waals surface area contributed by atoms with Crippen molar-refractivity contribution in [1.29, 1.82) is 0 Å². The van der Waals surface area contributed by atoms with Gasteiger partial charge >= 0.3 is 12.2 Å². The Kier molecular flexibility index (Phi) is 7.03. The van der Waals surface area contributed by atoms with Gasteiger partial charge in [-0.25, -0.2) is 13.2 Å². The van der Waals surface area contributed by atoms with Gasteiger partial charge in [0.1, 0.15) is 17.1 Å². The molecule has 1 aliphatic carbocycles. The third-order valence-electron chi connectivity index (χ3n) is 11.0. The van der Waals surface area contributed by atoms with Gasteiger partial charge in [-0.3, -0.25) is 4.90 Å². The van der Waals surface area contributed by atoms with Gasteiger partial charge < -0.3 is 24.8 Å². The summed E-state index contributed by atoms with van der Waals surface area (Å²) in [6.07, 6.45) is -0.258. The molecule has 49 heavy (non-hydrogen) atoms. The van der Waals surface area contributed by atoms with E-state index in [-0.39, 0.29) is 52.8 Å². The van der Waals surface area contributed by atoms with Crippen LogP contribution in [0.4, 0.5) is 32.2 Å². The normalized spacial score (nSPS) is 26.0. The molecule has 4 saturated heterocycles. The van der Waals surface area contributed by atoms with E-state index < -0.39 is 57.0 Å². The topological polar surface area (TPSA) is 83.0 Å². The van der Waals surface area contributed by atoms with Crippen molar-refractivity contribution in [2.24, 2.45) is 5.41 Å². The second-order valence-electron chi connectivity index (χ2n) is 14.4. The summed E-state index contributed by atoms with van der Waals surface area (Å²) in [7, 11) is 0. The number of halogens is 6. The molecule has 0 radical (unpaired) electrons. The Morgan fingerprint density at radius 3 is 2.45 bits per heavy atom. The lowest BCUT2D eigenvalue weighted by Crippen LogP contribution is -2.51. The molecule has 5 fully saturated rings. The van der Waals surface area contributed by atoms with Crippen molar-refractivity contribution in [3.63, 3.8) is 0 Å². The lowest BCUT2D eigenvalue weighted by Gasteiger charge is -2.34. The molecule has 4 aliphatic heterocycles. The van der Waals surface area contributed by atoms with Crippen LogP contribution in [0.5, 0.6) is 11.8 Å². The van der Waals surface area contributed by atoms with E-state index in [1.54, 1.807) is 0 Å². The van der Waals surface area contributed by atoms with Gasteiger partial charge in [0, 0.05) is 66.1 Å². The van der Waals surface area contributed by atoms with Crippen LogP contribution in [0.15, 0.2) is 30.3 Å². The maximum atomic E-state index is 17.0. The lowest BCUT2D eigenvalue weighted by atomic mass is 9.91. The summed E-state index contributed by atoms with van der Waals surface area (Å²) in [5.41, 5.74) is -3.72. The third-order valence-corrected chi connectivity index (χ3v) is 11.0. The molecule has 4 aromatic rings. The van der Waals surface area contributed by atoms with Crippen LogP contribution in [0.25, 0.3) is 32.8 Å². The molecular weight excluding hydrogens is 652 g/mol. The first-order valence-corrected chi connectivity index (χ1v) is 16.7. The number of piperazine rings is 1. The molecular formula is C35H33F6N5O3. The van der Waals surface area contributed by atoms with Crippen molar-refractivity contribution in [3.05, 3.63) is 53.3 Å². The molecule has 1 saturated carbocycles. The molecule has 14 heteroatoms. The molecule has 258 valence electrons. The monoisotopic (exact) mass is 685 g/mol. The van der Waals surface area contributed by atoms with Crippen LogP contribution in [-0.2, 0) is 10.9 Å². The first kappa shape index (κ1) is 31.1. The number of benzene rings is 3. The van der Waals surface area contributed by atoms with E-state index in [0.29, 0.717) is 25.7 Å².